The highest BCUT2D eigenvalue weighted by atomic mass is 35.5. The molecule has 2 aromatic rings. The highest BCUT2D eigenvalue weighted by Crippen LogP contribution is 2.40. The van der Waals surface area contributed by atoms with Gasteiger partial charge in [-0.15, -0.1) is 12.4 Å². The van der Waals surface area contributed by atoms with Crippen LogP contribution in [0.4, 0.5) is 8.78 Å². The number of hydrogen-bond acceptors (Lipinski definition) is 6. The van der Waals surface area contributed by atoms with Gasteiger partial charge < -0.3 is 29.5 Å². The third-order valence-corrected chi connectivity index (χ3v) is 3.63. The van der Waals surface area contributed by atoms with Gasteiger partial charge in [0.05, 0.1) is 17.5 Å². The van der Waals surface area contributed by atoms with Gasteiger partial charge in [0, 0.05) is 12.2 Å². The molecule has 1 aliphatic rings. The molecule has 1 fully saturated rings. The molecule has 1 heterocycles. The number of benzene rings is 1. The van der Waals surface area contributed by atoms with Crippen molar-refractivity contribution in [3.63, 3.8) is 0 Å². The first kappa shape index (κ1) is 22.8. The molecule has 27 heavy (non-hydrogen) atoms. The number of carboxylic acids is 1. The number of ether oxygens (including phenoxy) is 1. The molecule has 148 valence electrons. The zero-order chi connectivity index (χ0) is 19.6. The number of rotatable bonds is 4. The molecule has 1 saturated carbocycles. The number of halogens is 3. The molecule has 0 saturated heterocycles. The van der Waals surface area contributed by atoms with Gasteiger partial charge in [0.25, 0.3) is 0 Å². The van der Waals surface area contributed by atoms with Crippen LogP contribution in [0.1, 0.15) is 36.2 Å². The van der Waals surface area contributed by atoms with Crippen molar-refractivity contribution in [1.82, 2.24) is 4.57 Å². The second kappa shape index (κ2) is 9.13. The van der Waals surface area contributed by atoms with Crippen LogP contribution in [0, 0.1) is 11.6 Å². The summed E-state index contributed by atoms with van der Waals surface area (Å²) in [6, 6.07) is 0.700. The molecule has 0 radical (unpaired) electrons. The van der Waals surface area contributed by atoms with E-state index in [1.807, 2.05) is 0 Å². The number of aromatic carboxylic acids is 1. The van der Waals surface area contributed by atoms with Crippen LogP contribution in [-0.4, -0.2) is 44.6 Å². The highest BCUT2D eigenvalue weighted by Gasteiger charge is 2.30. The second-order valence-corrected chi connectivity index (χ2v) is 5.49. The van der Waals surface area contributed by atoms with Crippen LogP contribution >= 0.6 is 12.4 Å². The van der Waals surface area contributed by atoms with E-state index < -0.39 is 35.9 Å². The van der Waals surface area contributed by atoms with E-state index in [-0.39, 0.29) is 41.7 Å². The first-order valence-corrected chi connectivity index (χ1v) is 7.66. The lowest BCUT2D eigenvalue weighted by molar-refractivity contribution is 0.0694. The van der Waals surface area contributed by atoms with Crippen LogP contribution in [0.2, 0.25) is 0 Å². The second-order valence-electron chi connectivity index (χ2n) is 5.49. The van der Waals surface area contributed by atoms with E-state index in [1.165, 1.54) is 10.8 Å². The molecule has 0 aliphatic heterocycles. The predicted octanol–water partition coefficient (Wildman–Crippen LogP) is 1.08. The number of carbonyl (C=O) groups is 1. The Morgan fingerprint density at radius 1 is 1.33 bits per heavy atom. The van der Waals surface area contributed by atoms with Crippen molar-refractivity contribution in [2.45, 2.75) is 25.8 Å². The lowest BCUT2D eigenvalue weighted by Gasteiger charge is -2.16. The van der Waals surface area contributed by atoms with Gasteiger partial charge in [0.15, 0.2) is 11.6 Å². The van der Waals surface area contributed by atoms with E-state index in [2.05, 4.69) is 0 Å². The molecule has 1 aromatic heterocycles. The maximum atomic E-state index is 14.0. The summed E-state index contributed by atoms with van der Waals surface area (Å²) in [4.78, 5) is 23.5. The summed E-state index contributed by atoms with van der Waals surface area (Å²) >= 11 is 0. The first-order chi connectivity index (χ1) is 12.2. The van der Waals surface area contributed by atoms with Gasteiger partial charge in [-0.3, -0.25) is 4.79 Å². The standard InChI is InChI=1S/C15H13F2NO4.BH3O3.ClH/c1-2-22-14-11(17)10(16)5-8-12(14)18(7-3-4-7)6-9(13(8)19)15(20)21;2-1(3)4;/h5-7H,2-4H2,1H3,(H,20,21);2-4H;1H. The number of pyridine rings is 1. The number of fused-ring (bicyclic) bond motifs is 1. The van der Waals surface area contributed by atoms with Crippen molar-refractivity contribution in [1.29, 1.82) is 0 Å². The Morgan fingerprint density at radius 3 is 2.33 bits per heavy atom. The van der Waals surface area contributed by atoms with Crippen molar-refractivity contribution in [2.24, 2.45) is 0 Å². The van der Waals surface area contributed by atoms with Crippen molar-refractivity contribution in [3.05, 3.63) is 39.7 Å². The number of carboxylic acid groups (broad SMARTS) is 1. The number of nitrogens with zero attached hydrogens (tertiary/aromatic N) is 1. The van der Waals surface area contributed by atoms with Gasteiger partial charge in [0.1, 0.15) is 5.56 Å². The summed E-state index contributed by atoms with van der Waals surface area (Å²) in [7, 11) is -2.17. The van der Waals surface area contributed by atoms with Crippen LogP contribution in [0.25, 0.3) is 10.9 Å². The molecule has 0 atom stereocenters. The molecule has 1 aliphatic carbocycles. The molecule has 0 spiro atoms. The van der Waals surface area contributed by atoms with Crippen molar-refractivity contribution in [3.8, 4) is 5.75 Å². The first-order valence-electron chi connectivity index (χ1n) is 7.66. The van der Waals surface area contributed by atoms with Crippen LogP contribution in [0.5, 0.6) is 5.75 Å². The molecule has 8 nitrogen and oxygen atoms in total. The van der Waals surface area contributed by atoms with Crippen molar-refractivity contribution in [2.75, 3.05) is 6.61 Å². The minimum Gasteiger partial charge on any atom is -0.489 e. The fraction of sp³-hybridized carbons (Fsp3) is 0.333. The van der Waals surface area contributed by atoms with Crippen LogP contribution < -0.4 is 10.2 Å². The van der Waals surface area contributed by atoms with Gasteiger partial charge in [-0.2, -0.15) is 4.39 Å². The molecule has 0 unspecified atom stereocenters. The SMILES string of the molecule is CCOc1c(F)c(F)cc2c(=O)c(C(=O)O)cn(C3CC3)c12.Cl.OB(O)O. The van der Waals surface area contributed by atoms with E-state index in [9.17, 15) is 18.4 Å². The molecule has 0 bridgehead atoms. The third-order valence-electron chi connectivity index (χ3n) is 3.63. The summed E-state index contributed by atoms with van der Waals surface area (Å²) in [5.74, 6) is -4.16. The highest BCUT2D eigenvalue weighted by molar-refractivity contribution is 6.30. The monoisotopic (exact) mass is 407 g/mol. The van der Waals surface area contributed by atoms with E-state index in [0.717, 1.165) is 18.9 Å². The Morgan fingerprint density at radius 2 is 1.89 bits per heavy atom. The average molecular weight is 408 g/mol. The Labute approximate surface area is 158 Å². The van der Waals surface area contributed by atoms with E-state index in [1.54, 1.807) is 6.92 Å². The van der Waals surface area contributed by atoms with Crippen LogP contribution in [0.3, 0.4) is 0 Å². The fourth-order valence-electron chi connectivity index (χ4n) is 2.50. The number of hydrogen-bond donors (Lipinski definition) is 4. The Balaban J connectivity index is 0.000000666. The Hall–Kier alpha value is -2.21. The lowest BCUT2D eigenvalue weighted by Crippen LogP contribution is -2.20. The number of aromatic nitrogens is 1. The predicted molar refractivity (Wildman–Crippen MR) is 94.2 cm³/mol. The van der Waals surface area contributed by atoms with E-state index >= 15 is 0 Å². The molecular formula is C15H17BClF2NO7. The summed E-state index contributed by atoms with van der Waals surface area (Å²) in [6.07, 6.45) is 2.74. The summed E-state index contributed by atoms with van der Waals surface area (Å²) in [5.41, 5.74) is -1.20. The minimum atomic E-state index is -2.17. The fourth-order valence-corrected chi connectivity index (χ4v) is 2.50. The smallest absolute Gasteiger partial charge is 0.489 e. The third kappa shape index (κ3) is 4.95. The van der Waals surface area contributed by atoms with Crippen LogP contribution in [-0.2, 0) is 0 Å². The zero-order valence-corrected chi connectivity index (χ0v) is 14.9. The minimum absolute atomic E-state index is 0. The lowest BCUT2D eigenvalue weighted by atomic mass is 10.1. The molecule has 0 amide bonds. The molecule has 12 heteroatoms. The van der Waals surface area contributed by atoms with Gasteiger partial charge in [-0.1, -0.05) is 0 Å². The summed E-state index contributed by atoms with van der Waals surface area (Å²) < 4.78 is 34.5. The Bertz CT molecular complexity index is 899. The maximum Gasteiger partial charge on any atom is 0.631 e. The summed E-state index contributed by atoms with van der Waals surface area (Å²) in [5, 5.41) is 30.4. The van der Waals surface area contributed by atoms with Crippen molar-refractivity contribution < 1.29 is 38.5 Å². The topological polar surface area (TPSA) is 129 Å². The molecule has 1 aromatic carbocycles. The van der Waals surface area contributed by atoms with E-state index in [4.69, 9.17) is 24.9 Å². The molecule has 3 rings (SSSR count). The van der Waals surface area contributed by atoms with Crippen LogP contribution in [0.15, 0.2) is 17.1 Å². The Kier molecular flexibility index (Phi) is 7.72. The molecular weight excluding hydrogens is 390 g/mol. The molecule has 4 N–H and O–H groups in total. The summed E-state index contributed by atoms with van der Waals surface area (Å²) in [6.45, 7) is 1.70. The maximum absolute atomic E-state index is 14.0. The van der Waals surface area contributed by atoms with Gasteiger partial charge >= 0.3 is 13.3 Å². The van der Waals surface area contributed by atoms with E-state index in [0.29, 0.717) is 0 Å². The van der Waals surface area contributed by atoms with Gasteiger partial charge in [-0.25, -0.2) is 9.18 Å². The normalized spacial score (nSPS) is 12.7. The van der Waals surface area contributed by atoms with Gasteiger partial charge in [0.2, 0.25) is 11.2 Å². The quantitative estimate of drug-likeness (QED) is 0.558. The zero-order valence-electron chi connectivity index (χ0n) is 14.1. The largest absolute Gasteiger partial charge is 0.631 e. The van der Waals surface area contributed by atoms with Crippen molar-refractivity contribution >= 4 is 36.6 Å². The average Bonchev–Trinajstić information content (AvgIpc) is 3.36. The van der Waals surface area contributed by atoms with Gasteiger partial charge in [-0.05, 0) is 25.8 Å².